The number of ether oxygens (including phenoxy) is 2. The molecule has 1 amide bonds. The molecule has 5 nitrogen and oxygen atoms in total. The van der Waals surface area contributed by atoms with Crippen LogP contribution >= 0.6 is 12.4 Å². The first-order valence-corrected chi connectivity index (χ1v) is 7.72. The molecule has 1 unspecified atom stereocenters. The van der Waals surface area contributed by atoms with Crippen molar-refractivity contribution in [2.24, 2.45) is 5.41 Å². The molecule has 1 aliphatic rings. The van der Waals surface area contributed by atoms with Crippen molar-refractivity contribution in [2.75, 3.05) is 33.4 Å². The Hall–Kier alpha value is -1.30. The molecule has 1 heterocycles. The molecule has 0 aliphatic carbocycles. The SMILES string of the molecule is COc1ccccc1CC(C)(C)CNC(=O)C1COCCN1.Cl. The van der Waals surface area contributed by atoms with Crippen molar-refractivity contribution in [3.8, 4) is 5.75 Å². The number of nitrogens with one attached hydrogen (secondary N) is 2. The normalized spacial score (nSPS) is 18.0. The summed E-state index contributed by atoms with van der Waals surface area (Å²) in [4.78, 5) is 12.1. The number of hydrogen-bond acceptors (Lipinski definition) is 4. The Bertz CT molecular complexity index is 502. The van der Waals surface area contributed by atoms with E-state index in [0.29, 0.717) is 19.8 Å². The smallest absolute Gasteiger partial charge is 0.239 e. The number of para-hydroxylation sites is 1. The van der Waals surface area contributed by atoms with Crippen LogP contribution in [0.5, 0.6) is 5.75 Å². The van der Waals surface area contributed by atoms with Crippen molar-refractivity contribution in [3.05, 3.63) is 29.8 Å². The van der Waals surface area contributed by atoms with E-state index in [1.54, 1.807) is 7.11 Å². The highest BCUT2D eigenvalue weighted by molar-refractivity contribution is 5.85. The fourth-order valence-electron chi connectivity index (χ4n) is 2.61. The third-order valence-corrected chi connectivity index (χ3v) is 3.84. The molecule has 6 heteroatoms. The van der Waals surface area contributed by atoms with E-state index in [1.807, 2.05) is 18.2 Å². The van der Waals surface area contributed by atoms with Crippen molar-refractivity contribution in [1.29, 1.82) is 0 Å². The van der Waals surface area contributed by atoms with Gasteiger partial charge in [0.05, 0.1) is 20.3 Å². The van der Waals surface area contributed by atoms with E-state index in [4.69, 9.17) is 9.47 Å². The lowest BCUT2D eigenvalue weighted by atomic mass is 9.85. The van der Waals surface area contributed by atoms with Crippen LogP contribution in [-0.2, 0) is 16.0 Å². The van der Waals surface area contributed by atoms with Crippen LogP contribution in [0.4, 0.5) is 0 Å². The maximum Gasteiger partial charge on any atom is 0.239 e. The Kier molecular flexibility index (Phi) is 7.82. The van der Waals surface area contributed by atoms with Crippen LogP contribution in [-0.4, -0.2) is 45.4 Å². The Morgan fingerprint density at radius 1 is 1.43 bits per heavy atom. The zero-order valence-electron chi connectivity index (χ0n) is 14.1. The van der Waals surface area contributed by atoms with Crippen molar-refractivity contribution >= 4 is 18.3 Å². The molecule has 23 heavy (non-hydrogen) atoms. The van der Waals surface area contributed by atoms with Crippen LogP contribution in [0.3, 0.4) is 0 Å². The quantitative estimate of drug-likeness (QED) is 0.827. The van der Waals surface area contributed by atoms with Crippen LogP contribution in [0.25, 0.3) is 0 Å². The number of rotatable bonds is 6. The molecule has 1 saturated heterocycles. The monoisotopic (exact) mass is 342 g/mol. The predicted molar refractivity (Wildman–Crippen MR) is 93.3 cm³/mol. The summed E-state index contributed by atoms with van der Waals surface area (Å²) in [6.07, 6.45) is 0.839. The molecule has 1 aromatic carbocycles. The second-order valence-electron chi connectivity index (χ2n) is 6.45. The minimum atomic E-state index is -0.240. The number of carbonyl (C=O) groups is 1. The fourth-order valence-corrected chi connectivity index (χ4v) is 2.61. The van der Waals surface area contributed by atoms with Gasteiger partial charge in [0.25, 0.3) is 0 Å². The molecule has 0 aromatic heterocycles. The van der Waals surface area contributed by atoms with Gasteiger partial charge in [0.2, 0.25) is 5.91 Å². The lowest BCUT2D eigenvalue weighted by Gasteiger charge is -2.28. The second kappa shape index (κ2) is 9.11. The fraction of sp³-hybridized carbons (Fsp3) is 0.588. The van der Waals surface area contributed by atoms with Gasteiger partial charge in [-0.15, -0.1) is 12.4 Å². The van der Waals surface area contributed by atoms with E-state index >= 15 is 0 Å². The number of halogens is 1. The van der Waals surface area contributed by atoms with E-state index in [9.17, 15) is 4.79 Å². The third-order valence-electron chi connectivity index (χ3n) is 3.84. The summed E-state index contributed by atoms with van der Waals surface area (Å²) < 4.78 is 10.7. The molecule has 0 bridgehead atoms. The first-order chi connectivity index (χ1) is 10.5. The Morgan fingerprint density at radius 3 is 2.83 bits per heavy atom. The molecule has 1 aliphatic heterocycles. The molecule has 2 rings (SSSR count). The zero-order chi connectivity index (χ0) is 16.0. The van der Waals surface area contributed by atoms with Crippen molar-refractivity contribution in [2.45, 2.75) is 26.3 Å². The average molecular weight is 343 g/mol. The molecule has 130 valence electrons. The predicted octanol–water partition coefficient (Wildman–Crippen LogP) is 1.79. The highest BCUT2D eigenvalue weighted by Crippen LogP contribution is 2.27. The molecule has 1 atom stereocenters. The van der Waals surface area contributed by atoms with Gasteiger partial charge in [-0.1, -0.05) is 32.0 Å². The summed E-state index contributed by atoms with van der Waals surface area (Å²) in [5.74, 6) is 0.900. The van der Waals surface area contributed by atoms with Crippen molar-refractivity contribution < 1.29 is 14.3 Å². The van der Waals surface area contributed by atoms with Gasteiger partial charge in [-0.05, 0) is 23.5 Å². The van der Waals surface area contributed by atoms with Gasteiger partial charge in [0.15, 0.2) is 0 Å². The molecule has 1 aromatic rings. The van der Waals surface area contributed by atoms with Gasteiger partial charge in [-0.2, -0.15) is 0 Å². The Balaban J connectivity index is 0.00000264. The van der Waals surface area contributed by atoms with Gasteiger partial charge < -0.3 is 20.1 Å². The molecule has 0 spiro atoms. The van der Waals surface area contributed by atoms with Crippen LogP contribution in [0.2, 0.25) is 0 Å². The number of carbonyl (C=O) groups excluding carboxylic acids is 1. The van der Waals surface area contributed by atoms with Gasteiger partial charge >= 0.3 is 0 Å². The summed E-state index contributed by atoms with van der Waals surface area (Å²) >= 11 is 0. The van der Waals surface area contributed by atoms with E-state index < -0.39 is 0 Å². The summed E-state index contributed by atoms with van der Waals surface area (Å²) in [7, 11) is 1.68. The molecule has 2 N–H and O–H groups in total. The van der Waals surface area contributed by atoms with Crippen LogP contribution in [0.1, 0.15) is 19.4 Å². The topological polar surface area (TPSA) is 59.6 Å². The van der Waals surface area contributed by atoms with Crippen molar-refractivity contribution in [3.63, 3.8) is 0 Å². The highest BCUT2D eigenvalue weighted by atomic mass is 35.5. The summed E-state index contributed by atoms with van der Waals surface area (Å²) in [6.45, 7) is 6.74. The maximum absolute atomic E-state index is 12.1. The minimum Gasteiger partial charge on any atom is -0.496 e. The number of amides is 1. The maximum atomic E-state index is 12.1. The van der Waals surface area contributed by atoms with Gasteiger partial charge in [-0.3, -0.25) is 4.79 Å². The standard InChI is InChI=1S/C17H26N2O3.ClH/c1-17(2,10-13-6-4-5-7-15(13)21-3)12-19-16(20)14-11-22-9-8-18-14;/h4-7,14,18H,8-12H2,1-3H3,(H,19,20);1H. The van der Waals surface area contributed by atoms with Gasteiger partial charge in [0, 0.05) is 13.1 Å². The lowest BCUT2D eigenvalue weighted by molar-refractivity contribution is -0.126. The molecule has 1 fully saturated rings. The van der Waals surface area contributed by atoms with E-state index in [1.165, 1.54) is 0 Å². The number of benzene rings is 1. The van der Waals surface area contributed by atoms with Crippen LogP contribution < -0.4 is 15.4 Å². The van der Waals surface area contributed by atoms with Crippen LogP contribution in [0.15, 0.2) is 24.3 Å². The first kappa shape index (κ1) is 19.7. The second-order valence-corrected chi connectivity index (χ2v) is 6.45. The largest absolute Gasteiger partial charge is 0.496 e. The summed E-state index contributed by atoms with van der Waals surface area (Å²) in [6, 6.07) is 7.77. The number of methoxy groups -OCH3 is 1. The van der Waals surface area contributed by atoms with E-state index in [-0.39, 0.29) is 29.8 Å². The van der Waals surface area contributed by atoms with Gasteiger partial charge in [-0.25, -0.2) is 0 Å². The van der Waals surface area contributed by atoms with Gasteiger partial charge in [0.1, 0.15) is 11.8 Å². The lowest BCUT2D eigenvalue weighted by Crippen LogP contribution is -2.52. The summed E-state index contributed by atoms with van der Waals surface area (Å²) in [5, 5.41) is 6.19. The summed E-state index contributed by atoms with van der Waals surface area (Å²) in [5.41, 5.74) is 1.10. The average Bonchev–Trinajstić information content (AvgIpc) is 2.53. The number of morpholine rings is 1. The first-order valence-electron chi connectivity index (χ1n) is 7.72. The van der Waals surface area contributed by atoms with Crippen molar-refractivity contribution in [1.82, 2.24) is 10.6 Å². The van der Waals surface area contributed by atoms with E-state index in [0.717, 1.165) is 24.3 Å². The third kappa shape index (κ3) is 6.01. The molecular weight excluding hydrogens is 316 g/mol. The Labute approximate surface area is 144 Å². The van der Waals surface area contributed by atoms with Crippen LogP contribution in [0, 0.1) is 5.41 Å². The number of hydrogen-bond donors (Lipinski definition) is 2. The molecule has 0 radical (unpaired) electrons. The minimum absolute atomic E-state index is 0. The van der Waals surface area contributed by atoms with E-state index in [2.05, 4.69) is 30.5 Å². The molecular formula is C17H27ClN2O3. The Morgan fingerprint density at radius 2 is 2.17 bits per heavy atom. The molecule has 0 saturated carbocycles. The zero-order valence-corrected chi connectivity index (χ0v) is 14.9. The highest BCUT2D eigenvalue weighted by Gasteiger charge is 2.25.